The van der Waals surface area contributed by atoms with Crippen LogP contribution in [0.1, 0.15) is 29.7 Å². The molecule has 1 aliphatic rings. The summed E-state index contributed by atoms with van der Waals surface area (Å²) in [5.74, 6) is 6.36. The second-order valence-electron chi connectivity index (χ2n) is 4.97. The lowest BCUT2D eigenvalue weighted by atomic mass is 9.95. The van der Waals surface area contributed by atoms with Gasteiger partial charge in [-0.1, -0.05) is 11.8 Å². The van der Waals surface area contributed by atoms with E-state index in [1.54, 1.807) is 11.3 Å². The van der Waals surface area contributed by atoms with Crippen LogP contribution < -0.4 is 0 Å². The number of aliphatic hydroxyl groups excluding tert-OH is 2. The summed E-state index contributed by atoms with van der Waals surface area (Å²) in [6.07, 6.45) is 3.37. The van der Waals surface area contributed by atoms with Crippen LogP contribution in [0.5, 0.6) is 0 Å². The lowest BCUT2D eigenvalue weighted by molar-refractivity contribution is 0.143. The van der Waals surface area contributed by atoms with E-state index in [1.807, 2.05) is 6.07 Å². The van der Waals surface area contributed by atoms with E-state index in [0.717, 1.165) is 31.6 Å². The largest absolute Gasteiger partial charge is 0.396 e. The van der Waals surface area contributed by atoms with Gasteiger partial charge in [0.15, 0.2) is 0 Å². The van der Waals surface area contributed by atoms with E-state index in [1.165, 1.54) is 17.7 Å². The molecule has 0 radical (unpaired) electrons. The van der Waals surface area contributed by atoms with Crippen LogP contribution in [0.3, 0.4) is 0 Å². The molecule has 1 fully saturated rings. The van der Waals surface area contributed by atoms with Gasteiger partial charge in [0.25, 0.3) is 0 Å². The normalized spacial score (nSPS) is 20.0. The summed E-state index contributed by atoms with van der Waals surface area (Å²) in [4.78, 5) is 3.74. The van der Waals surface area contributed by atoms with Crippen LogP contribution in [0.15, 0.2) is 11.4 Å². The Morgan fingerprint density at radius 2 is 2.32 bits per heavy atom. The van der Waals surface area contributed by atoms with E-state index in [9.17, 15) is 0 Å². The standard InChI is InChI=1S/C15H21NO2S/c17-8-2-4-14-6-10-19-15(14)12-16-7-1-3-13(11-16)5-9-18/h6,10,13,17-18H,1,3,5,7-9,11-12H2. The van der Waals surface area contributed by atoms with Crippen molar-refractivity contribution >= 4 is 11.3 Å². The molecule has 2 N–H and O–H groups in total. The van der Waals surface area contributed by atoms with Crippen LogP contribution in [-0.4, -0.2) is 41.4 Å². The van der Waals surface area contributed by atoms with E-state index in [4.69, 9.17) is 10.2 Å². The Labute approximate surface area is 118 Å². The summed E-state index contributed by atoms with van der Waals surface area (Å²) >= 11 is 1.73. The van der Waals surface area contributed by atoms with Crippen molar-refractivity contribution in [3.63, 3.8) is 0 Å². The van der Waals surface area contributed by atoms with Gasteiger partial charge in [-0.3, -0.25) is 4.90 Å². The van der Waals surface area contributed by atoms with Crippen LogP contribution in [0.2, 0.25) is 0 Å². The number of nitrogens with zero attached hydrogens (tertiary/aromatic N) is 1. The first-order valence-corrected chi connectivity index (χ1v) is 7.70. The van der Waals surface area contributed by atoms with Gasteiger partial charge in [0.05, 0.1) is 0 Å². The first-order chi connectivity index (χ1) is 9.33. The molecule has 0 amide bonds. The van der Waals surface area contributed by atoms with Crippen LogP contribution in [0.25, 0.3) is 0 Å². The van der Waals surface area contributed by atoms with Gasteiger partial charge in [-0.15, -0.1) is 11.3 Å². The molecule has 1 unspecified atom stereocenters. The predicted molar refractivity (Wildman–Crippen MR) is 78.0 cm³/mol. The highest BCUT2D eigenvalue weighted by Crippen LogP contribution is 2.24. The second kappa shape index (κ2) is 7.66. The fourth-order valence-corrected chi connectivity index (χ4v) is 3.50. The van der Waals surface area contributed by atoms with Crippen molar-refractivity contribution in [2.45, 2.75) is 25.8 Å². The molecule has 0 aromatic carbocycles. The molecule has 0 spiro atoms. The van der Waals surface area contributed by atoms with Crippen molar-refractivity contribution in [1.82, 2.24) is 4.90 Å². The third kappa shape index (κ3) is 4.32. The van der Waals surface area contributed by atoms with Crippen LogP contribution in [0.4, 0.5) is 0 Å². The summed E-state index contributed by atoms with van der Waals surface area (Å²) in [5.41, 5.74) is 1.04. The van der Waals surface area contributed by atoms with E-state index < -0.39 is 0 Å². The Kier molecular flexibility index (Phi) is 5.87. The van der Waals surface area contributed by atoms with Gasteiger partial charge in [0.2, 0.25) is 0 Å². The van der Waals surface area contributed by atoms with Gasteiger partial charge in [-0.2, -0.15) is 0 Å². The van der Waals surface area contributed by atoms with Crippen molar-refractivity contribution in [1.29, 1.82) is 0 Å². The number of rotatable bonds is 4. The minimum absolute atomic E-state index is 0.0857. The molecule has 0 bridgehead atoms. The van der Waals surface area contributed by atoms with E-state index in [0.29, 0.717) is 12.5 Å². The monoisotopic (exact) mass is 279 g/mol. The lowest BCUT2D eigenvalue weighted by Crippen LogP contribution is -2.35. The maximum atomic E-state index is 9.04. The molecule has 2 rings (SSSR count). The summed E-state index contributed by atoms with van der Waals surface area (Å²) in [7, 11) is 0. The molecule has 0 saturated carbocycles. The molecule has 1 aromatic rings. The SMILES string of the molecule is OCC#Cc1ccsc1CN1CCCC(CCO)C1. The zero-order valence-electron chi connectivity index (χ0n) is 11.1. The van der Waals surface area contributed by atoms with E-state index in [2.05, 4.69) is 22.1 Å². The average Bonchev–Trinajstić information content (AvgIpc) is 2.84. The Bertz CT molecular complexity index is 444. The zero-order chi connectivity index (χ0) is 13.5. The fraction of sp³-hybridized carbons (Fsp3) is 0.600. The maximum Gasteiger partial charge on any atom is 0.104 e. The zero-order valence-corrected chi connectivity index (χ0v) is 12.0. The number of hydrogen-bond acceptors (Lipinski definition) is 4. The van der Waals surface area contributed by atoms with Crippen LogP contribution in [0, 0.1) is 17.8 Å². The topological polar surface area (TPSA) is 43.7 Å². The first-order valence-electron chi connectivity index (χ1n) is 6.82. The smallest absolute Gasteiger partial charge is 0.104 e. The molecule has 1 saturated heterocycles. The highest BCUT2D eigenvalue weighted by atomic mass is 32.1. The predicted octanol–water partition coefficient (Wildman–Crippen LogP) is 1.69. The van der Waals surface area contributed by atoms with Crippen molar-refractivity contribution in [2.24, 2.45) is 5.92 Å². The first kappa shape index (κ1) is 14.5. The van der Waals surface area contributed by atoms with Gasteiger partial charge < -0.3 is 10.2 Å². The number of likely N-dealkylation sites (tertiary alicyclic amines) is 1. The average molecular weight is 279 g/mol. The Morgan fingerprint density at radius 1 is 1.42 bits per heavy atom. The Balaban J connectivity index is 1.95. The van der Waals surface area contributed by atoms with Gasteiger partial charge in [0, 0.05) is 30.1 Å². The van der Waals surface area contributed by atoms with Gasteiger partial charge in [-0.25, -0.2) is 0 Å². The molecule has 1 atom stereocenters. The van der Waals surface area contributed by atoms with Crippen molar-refractivity contribution in [3.8, 4) is 11.8 Å². The lowest BCUT2D eigenvalue weighted by Gasteiger charge is -2.32. The molecule has 4 heteroatoms. The minimum atomic E-state index is -0.0857. The number of aliphatic hydroxyl groups is 2. The number of thiophene rings is 1. The van der Waals surface area contributed by atoms with E-state index >= 15 is 0 Å². The minimum Gasteiger partial charge on any atom is -0.396 e. The molecule has 1 aromatic heterocycles. The summed E-state index contributed by atoms with van der Waals surface area (Å²) in [6, 6.07) is 2.03. The molecule has 3 nitrogen and oxygen atoms in total. The third-order valence-electron chi connectivity index (χ3n) is 3.56. The van der Waals surface area contributed by atoms with Gasteiger partial charge in [0.1, 0.15) is 6.61 Å². The van der Waals surface area contributed by atoms with Gasteiger partial charge in [-0.05, 0) is 43.2 Å². The highest BCUT2D eigenvalue weighted by Gasteiger charge is 2.20. The van der Waals surface area contributed by atoms with Crippen LogP contribution in [-0.2, 0) is 6.54 Å². The summed E-state index contributed by atoms with van der Waals surface area (Å²) < 4.78 is 0. The molecule has 19 heavy (non-hydrogen) atoms. The number of piperidine rings is 1. The van der Waals surface area contributed by atoms with Crippen molar-refractivity contribution < 1.29 is 10.2 Å². The molecule has 1 aliphatic heterocycles. The van der Waals surface area contributed by atoms with Crippen molar-refractivity contribution in [3.05, 3.63) is 21.9 Å². The second-order valence-corrected chi connectivity index (χ2v) is 5.97. The Morgan fingerprint density at radius 3 is 3.11 bits per heavy atom. The highest BCUT2D eigenvalue weighted by molar-refractivity contribution is 7.10. The molecule has 0 aliphatic carbocycles. The summed E-state index contributed by atoms with van der Waals surface area (Å²) in [6.45, 7) is 3.36. The summed E-state index contributed by atoms with van der Waals surface area (Å²) in [5, 5.41) is 19.9. The van der Waals surface area contributed by atoms with E-state index in [-0.39, 0.29) is 6.61 Å². The maximum absolute atomic E-state index is 9.04. The molecule has 2 heterocycles. The van der Waals surface area contributed by atoms with Crippen molar-refractivity contribution in [2.75, 3.05) is 26.3 Å². The quantitative estimate of drug-likeness (QED) is 0.824. The fourth-order valence-electron chi connectivity index (χ4n) is 2.63. The van der Waals surface area contributed by atoms with Crippen LogP contribution >= 0.6 is 11.3 Å². The molecular weight excluding hydrogens is 258 g/mol. The third-order valence-corrected chi connectivity index (χ3v) is 4.46. The molecular formula is C15H21NO2S. The van der Waals surface area contributed by atoms with Gasteiger partial charge >= 0.3 is 0 Å². The number of hydrogen-bond donors (Lipinski definition) is 2. The molecule has 104 valence electrons. The Hall–Kier alpha value is -0.860.